The number of hydrogen-bond acceptors (Lipinski definition) is 3. The van der Waals surface area contributed by atoms with Crippen LogP contribution in [0.2, 0.25) is 0 Å². The molecular weight excluding hydrogens is 278 g/mol. The van der Waals surface area contributed by atoms with Crippen molar-refractivity contribution in [3.8, 4) is 0 Å². The van der Waals surface area contributed by atoms with Crippen molar-refractivity contribution in [3.05, 3.63) is 0 Å². The maximum atomic E-state index is 12.8. The smallest absolute Gasteiger partial charge is 0.239 e. The van der Waals surface area contributed by atoms with Crippen molar-refractivity contribution in [2.45, 2.75) is 89.3 Å². The van der Waals surface area contributed by atoms with Crippen molar-refractivity contribution in [2.75, 3.05) is 6.54 Å². The maximum Gasteiger partial charge on any atom is 0.239 e. The second kappa shape index (κ2) is 6.19. The van der Waals surface area contributed by atoms with Gasteiger partial charge < -0.3 is 4.90 Å². The van der Waals surface area contributed by atoms with Gasteiger partial charge in [-0.05, 0) is 46.0 Å². The van der Waals surface area contributed by atoms with Crippen LogP contribution in [0.25, 0.3) is 0 Å². The van der Waals surface area contributed by atoms with Crippen LogP contribution in [-0.4, -0.2) is 45.9 Å². The molecule has 0 bridgehead atoms. The molecule has 0 unspecified atom stereocenters. The first-order chi connectivity index (χ1) is 10.5. The van der Waals surface area contributed by atoms with Gasteiger partial charge in [0, 0.05) is 24.0 Å². The average Bonchev–Trinajstić information content (AvgIpc) is 2.74. The van der Waals surface area contributed by atoms with Crippen molar-refractivity contribution in [2.24, 2.45) is 0 Å². The Morgan fingerprint density at radius 3 is 2.41 bits per heavy atom. The van der Waals surface area contributed by atoms with E-state index in [4.69, 9.17) is 0 Å². The number of hydrogen-bond donors (Lipinski definition) is 1. The van der Waals surface area contributed by atoms with Gasteiger partial charge in [-0.2, -0.15) is 0 Å². The van der Waals surface area contributed by atoms with Gasteiger partial charge in [-0.25, -0.2) is 5.01 Å². The van der Waals surface area contributed by atoms with Gasteiger partial charge in [-0.3, -0.25) is 15.0 Å². The van der Waals surface area contributed by atoms with Crippen molar-refractivity contribution in [1.82, 2.24) is 15.3 Å². The number of hydrazine groups is 1. The van der Waals surface area contributed by atoms with Crippen molar-refractivity contribution < 1.29 is 9.59 Å². The summed E-state index contributed by atoms with van der Waals surface area (Å²) < 4.78 is 0. The monoisotopic (exact) mass is 307 g/mol. The third-order valence-corrected chi connectivity index (χ3v) is 5.88. The Kier molecular flexibility index (Phi) is 4.44. The number of likely N-dealkylation sites (tertiary alicyclic amines) is 1. The molecule has 0 aromatic heterocycles. The topological polar surface area (TPSA) is 52.7 Å². The number of rotatable bonds is 2. The van der Waals surface area contributed by atoms with Crippen molar-refractivity contribution >= 4 is 11.8 Å². The third-order valence-electron chi connectivity index (χ3n) is 5.88. The van der Waals surface area contributed by atoms with Crippen LogP contribution in [-0.2, 0) is 9.59 Å². The highest BCUT2D eigenvalue weighted by Gasteiger charge is 2.47. The van der Waals surface area contributed by atoms with E-state index >= 15 is 0 Å². The summed E-state index contributed by atoms with van der Waals surface area (Å²) in [6, 6.07) is 0.633. The van der Waals surface area contributed by atoms with Gasteiger partial charge in [0.2, 0.25) is 11.8 Å². The van der Waals surface area contributed by atoms with Gasteiger partial charge >= 0.3 is 0 Å². The second-order valence-corrected chi connectivity index (χ2v) is 7.51. The highest BCUT2D eigenvalue weighted by Crippen LogP contribution is 2.38. The lowest BCUT2D eigenvalue weighted by Crippen LogP contribution is -2.57. The van der Waals surface area contributed by atoms with Gasteiger partial charge in [0.25, 0.3) is 0 Å². The first-order valence-electron chi connectivity index (χ1n) is 8.90. The fourth-order valence-electron chi connectivity index (χ4n) is 4.70. The number of amides is 2. The lowest BCUT2D eigenvalue weighted by Gasteiger charge is -2.43. The number of nitrogens with one attached hydrogen (secondary N) is 1. The Hall–Kier alpha value is -1.10. The minimum Gasteiger partial charge on any atom is -0.336 e. The Bertz CT molecular complexity index is 435. The van der Waals surface area contributed by atoms with Crippen LogP contribution in [0.5, 0.6) is 0 Å². The van der Waals surface area contributed by atoms with E-state index in [9.17, 15) is 9.59 Å². The Morgan fingerprint density at radius 2 is 1.77 bits per heavy atom. The molecule has 2 atom stereocenters. The quantitative estimate of drug-likeness (QED) is 0.851. The minimum atomic E-state index is -0.104. The summed E-state index contributed by atoms with van der Waals surface area (Å²) >= 11 is 0. The van der Waals surface area contributed by atoms with Crippen LogP contribution in [0.4, 0.5) is 0 Å². The molecule has 2 aliphatic heterocycles. The van der Waals surface area contributed by atoms with Crippen LogP contribution < -0.4 is 5.43 Å². The van der Waals surface area contributed by atoms with Gasteiger partial charge in [-0.15, -0.1) is 0 Å². The lowest BCUT2D eigenvalue weighted by atomic mass is 9.79. The second-order valence-electron chi connectivity index (χ2n) is 7.51. The summed E-state index contributed by atoms with van der Waals surface area (Å²) in [4.78, 5) is 26.8. The van der Waals surface area contributed by atoms with Gasteiger partial charge in [0.1, 0.15) is 0 Å². The molecule has 5 nitrogen and oxygen atoms in total. The molecule has 0 aromatic carbocycles. The van der Waals surface area contributed by atoms with E-state index in [-0.39, 0.29) is 17.4 Å². The molecule has 124 valence electrons. The van der Waals surface area contributed by atoms with E-state index in [1.807, 2.05) is 9.91 Å². The Morgan fingerprint density at radius 1 is 1.14 bits per heavy atom. The number of carbonyl (C=O) groups is 2. The number of carbonyl (C=O) groups excluding carboxylic acids is 2. The zero-order valence-electron chi connectivity index (χ0n) is 13.9. The molecule has 3 rings (SSSR count). The summed E-state index contributed by atoms with van der Waals surface area (Å²) in [6.07, 6.45) is 9.58. The summed E-state index contributed by atoms with van der Waals surface area (Å²) in [6.45, 7) is 4.62. The first-order valence-corrected chi connectivity index (χ1v) is 8.90. The van der Waals surface area contributed by atoms with Gasteiger partial charge in [0.05, 0.1) is 6.54 Å². The van der Waals surface area contributed by atoms with Gasteiger partial charge in [0.15, 0.2) is 0 Å². The molecule has 1 aliphatic carbocycles. The van der Waals surface area contributed by atoms with E-state index in [2.05, 4.69) is 19.3 Å². The minimum absolute atomic E-state index is 0.0782. The predicted molar refractivity (Wildman–Crippen MR) is 84.9 cm³/mol. The summed E-state index contributed by atoms with van der Waals surface area (Å²) in [7, 11) is 0. The fourth-order valence-corrected chi connectivity index (χ4v) is 4.70. The summed E-state index contributed by atoms with van der Waals surface area (Å²) in [5.41, 5.74) is 2.86. The van der Waals surface area contributed by atoms with E-state index < -0.39 is 0 Å². The van der Waals surface area contributed by atoms with E-state index in [1.165, 1.54) is 12.8 Å². The lowest BCUT2D eigenvalue weighted by molar-refractivity contribution is -0.141. The van der Waals surface area contributed by atoms with Crippen LogP contribution in [0.15, 0.2) is 0 Å². The Labute approximate surface area is 133 Å². The standard InChI is InChI=1S/C17H29N3O2/c1-13-7-6-8-14(2)20(13)16(22)12-19-17(11-15(21)18-19)9-4-3-5-10-17/h13-14H,3-12H2,1-2H3,(H,18,21)/t13-,14-/m1/s1. The molecule has 3 aliphatic rings. The summed E-state index contributed by atoms with van der Waals surface area (Å²) in [5, 5.41) is 1.98. The van der Waals surface area contributed by atoms with Crippen LogP contribution in [0.1, 0.15) is 71.6 Å². The predicted octanol–water partition coefficient (Wildman–Crippen LogP) is 2.22. The molecule has 3 fully saturated rings. The SMILES string of the molecule is C[C@@H]1CCC[C@@H](C)N1C(=O)CN1NC(=O)CC12CCCCC2. The molecule has 5 heteroatoms. The molecule has 2 amide bonds. The van der Waals surface area contributed by atoms with Crippen molar-refractivity contribution in [1.29, 1.82) is 0 Å². The van der Waals surface area contributed by atoms with Crippen LogP contribution in [0.3, 0.4) is 0 Å². The zero-order valence-corrected chi connectivity index (χ0v) is 13.9. The molecule has 22 heavy (non-hydrogen) atoms. The van der Waals surface area contributed by atoms with E-state index in [0.717, 1.165) is 38.5 Å². The number of nitrogens with zero attached hydrogens (tertiary/aromatic N) is 2. The molecule has 0 aromatic rings. The zero-order chi connectivity index (χ0) is 15.7. The van der Waals surface area contributed by atoms with E-state index in [1.54, 1.807) is 0 Å². The highest BCUT2D eigenvalue weighted by molar-refractivity contribution is 5.83. The molecule has 1 spiro atoms. The first kappa shape index (κ1) is 15.8. The fraction of sp³-hybridized carbons (Fsp3) is 0.882. The number of piperidine rings is 1. The van der Waals surface area contributed by atoms with Crippen LogP contribution >= 0.6 is 0 Å². The highest BCUT2D eigenvalue weighted by atomic mass is 16.2. The molecule has 1 saturated carbocycles. The molecule has 1 N–H and O–H groups in total. The van der Waals surface area contributed by atoms with E-state index in [0.29, 0.717) is 25.0 Å². The normalized spacial score (nSPS) is 32.3. The summed E-state index contributed by atoms with van der Waals surface area (Å²) in [5.74, 6) is 0.251. The molecule has 0 radical (unpaired) electrons. The van der Waals surface area contributed by atoms with Gasteiger partial charge in [-0.1, -0.05) is 19.3 Å². The molecular formula is C17H29N3O2. The van der Waals surface area contributed by atoms with Crippen molar-refractivity contribution in [3.63, 3.8) is 0 Å². The van der Waals surface area contributed by atoms with Crippen LogP contribution in [0, 0.1) is 0 Å². The third kappa shape index (κ3) is 2.87. The Balaban J connectivity index is 1.70. The molecule has 2 saturated heterocycles. The maximum absolute atomic E-state index is 12.8. The largest absolute Gasteiger partial charge is 0.336 e. The average molecular weight is 307 g/mol. The molecule has 2 heterocycles.